The SMILES string of the molecule is CC12CCC3C(CC=C4C(O)C(O)CCC43C)C1CCC2=O. The number of aliphatic hydroxyl groups is 2. The fourth-order valence-electron chi connectivity index (χ4n) is 6.49. The molecule has 4 rings (SSSR count). The third kappa shape index (κ3) is 1.73. The van der Waals surface area contributed by atoms with E-state index in [1.54, 1.807) is 0 Å². The predicted octanol–water partition coefficient (Wildman–Crippen LogP) is 2.85. The molecule has 0 aromatic rings. The lowest BCUT2D eigenvalue weighted by Gasteiger charge is -2.57. The number of carbonyl (C=O) groups is 1. The van der Waals surface area contributed by atoms with Gasteiger partial charge in [0, 0.05) is 11.8 Å². The van der Waals surface area contributed by atoms with Gasteiger partial charge in [0.25, 0.3) is 0 Å². The van der Waals surface area contributed by atoms with E-state index in [1.165, 1.54) is 0 Å². The van der Waals surface area contributed by atoms with Crippen molar-refractivity contribution in [2.45, 2.75) is 71.0 Å². The summed E-state index contributed by atoms with van der Waals surface area (Å²) in [6.07, 6.45) is 7.50. The Bertz CT molecular complexity index is 539. The highest BCUT2D eigenvalue weighted by Crippen LogP contribution is 2.63. The minimum absolute atomic E-state index is 0.0224. The average molecular weight is 304 g/mol. The van der Waals surface area contributed by atoms with Gasteiger partial charge in [0.15, 0.2) is 0 Å². The molecule has 4 aliphatic rings. The van der Waals surface area contributed by atoms with E-state index in [0.717, 1.165) is 44.1 Å². The molecule has 7 unspecified atom stereocenters. The first-order chi connectivity index (χ1) is 10.4. The van der Waals surface area contributed by atoms with Gasteiger partial charge >= 0.3 is 0 Å². The van der Waals surface area contributed by atoms with E-state index in [1.807, 2.05) is 0 Å². The van der Waals surface area contributed by atoms with Crippen LogP contribution < -0.4 is 0 Å². The molecule has 0 radical (unpaired) electrons. The van der Waals surface area contributed by atoms with E-state index >= 15 is 0 Å². The van der Waals surface area contributed by atoms with E-state index in [0.29, 0.717) is 30.0 Å². The molecule has 22 heavy (non-hydrogen) atoms. The van der Waals surface area contributed by atoms with Crippen molar-refractivity contribution < 1.29 is 15.0 Å². The van der Waals surface area contributed by atoms with Gasteiger partial charge in [-0.2, -0.15) is 0 Å². The Morgan fingerprint density at radius 1 is 1.05 bits per heavy atom. The van der Waals surface area contributed by atoms with E-state index in [-0.39, 0.29) is 10.8 Å². The Kier molecular flexibility index (Phi) is 3.16. The summed E-state index contributed by atoms with van der Waals surface area (Å²) in [5.41, 5.74) is 1.02. The van der Waals surface area contributed by atoms with Crippen LogP contribution in [0.4, 0.5) is 0 Å². The number of hydrogen-bond acceptors (Lipinski definition) is 3. The second-order valence-electron chi connectivity index (χ2n) is 8.66. The molecule has 0 heterocycles. The first-order valence-electron chi connectivity index (χ1n) is 8.98. The molecule has 3 saturated carbocycles. The highest BCUT2D eigenvalue weighted by atomic mass is 16.3. The summed E-state index contributed by atoms with van der Waals surface area (Å²) in [7, 11) is 0. The zero-order valence-electron chi connectivity index (χ0n) is 13.7. The molecule has 122 valence electrons. The Hall–Kier alpha value is -0.670. The molecule has 0 aliphatic heterocycles. The molecule has 7 atom stereocenters. The van der Waals surface area contributed by atoms with Gasteiger partial charge in [-0.05, 0) is 67.3 Å². The maximum absolute atomic E-state index is 12.4. The zero-order valence-corrected chi connectivity index (χ0v) is 13.7. The van der Waals surface area contributed by atoms with Crippen LogP contribution in [0.2, 0.25) is 0 Å². The van der Waals surface area contributed by atoms with Crippen LogP contribution >= 0.6 is 0 Å². The van der Waals surface area contributed by atoms with Crippen molar-refractivity contribution in [3.05, 3.63) is 11.6 Å². The summed E-state index contributed by atoms with van der Waals surface area (Å²) in [6, 6.07) is 0. The van der Waals surface area contributed by atoms with E-state index in [4.69, 9.17) is 0 Å². The van der Waals surface area contributed by atoms with Crippen LogP contribution in [0.25, 0.3) is 0 Å². The van der Waals surface area contributed by atoms with Crippen LogP contribution in [0.5, 0.6) is 0 Å². The Balaban J connectivity index is 1.71. The monoisotopic (exact) mass is 304 g/mol. The summed E-state index contributed by atoms with van der Waals surface area (Å²) in [4.78, 5) is 12.4. The van der Waals surface area contributed by atoms with Gasteiger partial charge < -0.3 is 10.2 Å². The van der Waals surface area contributed by atoms with Crippen LogP contribution in [0, 0.1) is 28.6 Å². The van der Waals surface area contributed by atoms with Gasteiger partial charge in [-0.15, -0.1) is 0 Å². The molecular formula is C19H28O3. The second-order valence-corrected chi connectivity index (χ2v) is 8.66. The molecule has 0 aromatic carbocycles. The number of fused-ring (bicyclic) bond motifs is 5. The summed E-state index contributed by atoms with van der Waals surface area (Å²) in [5.74, 6) is 2.16. The predicted molar refractivity (Wildman–Crippen MR) is 84.1 cm³/mol. The van der Waals surface area contributed by atoms with E-state index in [9.17, 15) is 15.0 Å². The second kappa shape index (κ2) is 4.67. The lowest BCUT2D eigenvalue weighted by molar-refractivity contribution is -0.132. The van der Waals surface area contributed by atoms with Gasteiger partial charge in [0.1, 0.15) is 11.9 Å². The fraction of sp³-hybridized carbons (Fsp3) is 0.842. The summed E-state index contributed by atoms with van der Waals surface area (Å²) >= 11 is 0. The lowest BCUT2D eigenvalue weighted by atomic mass is 9.47. The van der Waals surface area contributed by atoms with Crippen LogP contribution in [-0.2, 0) is 4.79 Å². The van der Waals surface area contributed by atoms with Crippen molar-refractivity contribution in [2.24, 2.45) is 28.6 Å². The van der Waals surface area contributed by atoms with E-state index in [2.05, 4.69) is 19.9 Å². The van der Waals surface area contributed by atoms with Crippen molar-refractivity contribution in [3.8, 4) is 0 Å². The minimum Gasteiger partial charge on any atom is -0.390 e. The molecule has 3 fully saturated rings. The number of hydrogen-bond donors (Lipinski definition) is 2. The van der Waals surface area contributed by atoms with Crippen LogP contribution in [-0.4, -0.2) is 28.2 Å². The van der Waals surface area contributed by atoms with Crippen molar-refractivity contribution >= 4 is 5.78 Å². The molecule has 4 aliphatic carbocycles. The van der Waals surface area contributed by atoms with Crippen LogP contribution in [0.1, 0.15) is 58.8 Å². The number of rotatable bonds is 0. The number of carbonyl (C=O) groups excluding carboxylic acids is 1. The molecule has 0 spiro atoms. The average Bonchev–Trinajstić information content (AvgIpc) is 2.79. The van der Waals surface area contributed by atoms with Crippen LogP contribution in [0.3, 0.4) is 0 Å². The largest absolute Gasteiger partial charge is 0.390 e. The standard InChI is InChI=1S/C19H28O3/c1-18-10-8-15(20)17(22)14(18)4-3-11-12-5-6-16(21)19(12,2)9-7-13(11)18/h4,11-13,15,17,20,22H,3,5-10H2,1-2H3. The topological polar surface area (TPSA) is 57.5 Å². The molecule has 3 nitrogen and oxygen atoms in total. The quantitative estimate of drug-likeness (QED) is 0.677. The first-order valence-corrected chi connectivity index (χ1v) is 8.98. The van der Waals surface area contributed by atoms with Gasteiger partial charge in [-0.3, -0.25) is 4.79 Å². The van der Waals surface area contributed by atoms with Crippen molar-refractivity contribution in [1.82, 2.24) is 0 Å². The van der Waals surface area contributed by atoms with E-state index < -0.39 is 12.2 Å². The lowest BCUT2D eigenvalue weighted by Crippen LogP contribution is -2.53. The number of allylic oxidation sites excluding steroid dienone is 1. The molecule has 0 bridgehead atoms. The highest BCUT2D eigenvalue weighted by Gasteiger charge is 2.59. The Morgan fingerprint density at radius 3 is 2.50 bits per heavy atom. The highest BCUT2D eigenvalue weighted by molar-refractivity contribution is 5.87. The van der Waals surface area contributed by atoms with Gasteiger partial charge in [-0.25, -0.2) is 0 Å². The smallest absolute Gasteiger partial charge is 0.139 e. The summed E-state index contributed by atoms with van der Waals surface area (Å²) in [6.45, 7) is 4.49. The number of Topliss-reactive ketones (excluding diaryl/α,β-unsaturated/α-hetero) is 1. The third-order valence-corrected chi connectivity index (χ3v) is 7.88. The molecular weight excluding hydrogens is 276 g/mol. The van der Waals surface area contributed by atoms with Crippen molar-refractivity contribution in [1.29, 1.82) is 0 Å². The number of ketones is 1. The minimum atomic E-state index is -0.682. The molecule has 2 N–H and O–H groups in total. The Labute approximate surface area is 132 Å². The summed E-state index contributed by atoms with van der Waals surface area (Å²) in [5, 5.41) is 20.5. The molecule has 0 saturated heterocycles. The van der Waals surface area contributed by atoms with Crippen LogP contribution in [0.15, 0.2) is 11.6 Å². The van der Waals surface area contributed by atoms with Gasteiger partial charge in [0.05, 0.1) is 6.10 Å². The fourth-order valence-corrected chi connectivity index (χ4v) is 6.49. The zero-order chi connectivity index (χ0) is 15.7. The normalized spacial score (nSPS) is 54.3. The maximum Gasteiger partial charge on any atom is 0.139 e. The van der Waals surface area contributed by atoms with Crippen molar-refractivity contribution in [3.63, 3.8) is 0 Å². The molecule has 3 heteroatoms. The maximum atomic E-state index is 12.4. The molecule has 0 amide bonds. The van der Waals surface area contributed by atoms with Crippen molar-refractivity contribution in [2.75, 3.05) is 0 Å². The third-order valence-electron chi connectivity index (χ3n) is 7.88. The summed E-state index contributed by atoms with van der Waals surface area (Å²) < 4.78 is 0. The number of aliphatic hydroxyl groups excluding tert-OH is 2. The van der Waals surface area contributed by atoms with Gasteiger partial charge in [0.2, 0.25) is 0 Å². The Morgan fingerprint density at radius 2 is 1.73 bits per heavy atom. The first kappa shape index (κ1) is 14.9. The molecule has 0 aromatic heterocycles. The van der Waals surface area contributed by atoms with Gasteiger partial charge in [-0.1, -0.05) is 19.9 Å².